The van der Waals surface area contributed by atoms with Gasteiger partial charge >= 0.3 is 24.1 Å². The van der Waals surface area contributed by atoms with Crippen molar-refractivity contribution in [2.45, 2.75) is 72.1 Å². The Labute approximate surface area is 187 Å². The van der Waals surface area contributed by atoms with Gasteiger partial charge in [-0.15, -0.1) is 0 Å². The first-order chi connectivity index (χ1) is 15.0. The van der Waals surface area contributed by atoms with Gasteiger partial charge in [-0.1, -0.05) is 19.4 Å². The Bertz CT molecular complexity index is 809. The number of benzene rings is 1. The summed E-state index contributed by atoms with van der Waals surface area (Å²) in [5, 5.41) is 0. The lowest BCUT2D eigenvalue weighted by molar-refractivity contribution is -0.155. The fourth-order valence-corrected chi connectivity index (χ4v) is 2.44. The van der Waals surface area contributed by atoms with Crippen molar-refractivity contribution >= 4 is 24.1 Å². The van der Waals surface area contributed by atoms with Crippen LogP contribution in [0.5, 0.6) is 11.5 Å². The molecule has 0 aliphatic heterocycles. The third-order valence-corrected chi connectivity index (χ3v) is 4.24. The van der Waals surface area contributed by atoms with Gasteiger partial charge in [-0.2, -0.15) is 0 Å². The second kappa shape index (κ2) is 13.3. The molecule has 0 saturated carbocycles. The molecular formula is C22H31NO9. The highest BCUT2D eigenvalue weighted by molar-refractivity contribution is 5.76. The predicted molar refractivity (Wildman–Crippen MR) is 113 cm³/mol. The normalized spacial score (nSPS) is 13.3. The zero-order valence-electron chi connectivity index (χ0n) is 19.0. The van der Waals surface area contributed by atoms with Gasteiger partial charge in [0, 0.05) is 13.8 Å². The minimum absolute atomic E-state index is 0.0303. The molecule has 0 aliphatic rings. The fourth-order valence-electron chi connectivity index (χ4n) is 2.44. The van der Waals surface area contributed by atoms with E-state index in [-0.39, 0.29) is 24.5 Å². The molecule has 0 aromatic heterocycles. The van der Waals surface area contributed by atoms with Gasteiger partial charge in [0.2, 0.25) is 0 Å². The van der Waals surface area contributed by atoms with E-state index in [1.54, 1.807) is 19.9 Å². The first kappa shape index (κ1) is 26.9. The van der Waals surface area contributed by atoms with Crippen LogP contribution in [0.3, 0.4) is 0 Å². The summed E-state index contributed by atoms with van der Waals surface area (Å²) in [6.45, 7) is 7.79. The second-order valence-electron chi connectivity index (χ2n) is 7.20. The lowest BCUT2D eigenvalue weighted by Gasteiger charge is -2.22. The first-order valence-electron chi connectivity index (χ1n) is 10.3. The number of ether oxygens (including phenoxy) is 5. The van der Waals surface area contributed by atoms with Crippen LogP contribution in [0.25, 0.3) is 0 Å². The Morgan fingerprint density at radius 2 is 1.53 bits per heavy atom. The average molecular weight is 453 g/mol. The van der Waals surface area contributed by atoms with Gasteiger partial charge in [0.05, 0.1) is 6.61 Å². The van der Waals surface area contributed by atoms with Gasteiger partial charge < -0.3 is 29.4 Å². The van der Waals surface area contributed by atoms with Gasteiger partial charge in [0.1, 0.15) is 18.2 Å². The van der Waals surface area contributed by atoms with Crippen LogP contribution >= 0.6 is 0 Å². The Morgan fingerprint density at radius 3 is 2.12 bits per heavy atom. The summed E-state index contributed by atoms with van der Waals surface area (Å²) in [6.07, 6.45) is -0.653. The van der Waals surface area contributed by atoms with Crippen LogP contribution in [0.15, 0.2) is 18.2 Å². The molecule has 1 rings (SSSR count). The zero-order valence-corrected chi connectivity index (χ0v) is 19.0. The lowest BCUT2D eigenvalue weighted by Crippen LogP contribution is -2.39. The summed E-state index contributed by atoms with van der Waals surface area (Å²) in [7, 11) is 0. The number of nitrogens with two attached hydrogens (primary N) is 1. The van der Waals surface area contributed by atoms with Crippen LogP contribution in [0.1, 0.15) is 53.0 Å². The number of carbonyl (C=O) groups excluding carboxylic acids is 4. The summed E-state index contributed by atoms with van der Waals surface area (Å²) in [5.41, 5.74) is 6.50. The molecule has 2 N–H and O–H groups in total. The van der Waals surface area contributed by atoms with E-state index in [9.17, 15) is 19.2 Å². The summed E-state index contributed by atoms with van der Waals surface area (Å²) in [5.74, 6) is -1.78. The molecular weight excluding hydrogens is 422 g/mol. The smallest absolute Gasteiger partial charge is 0.458 e. The highest BCUT2D eigenvalue weighted by Crippen LogP contribution is 2.29. The van der Waals surface area contributed by atoms with E-state index in [0.717, 1.165) is 12.8 Å². The Morgan fingerprint density at radius 1 is 0.938 bits per heavy atom. The quantitative estimate of drug-likeness (QED) is 0.302. The fraction of sp³-hybridized carbons (Fsp3) is 0.545. The third-order valence-electron chi connectivity index (χ3n) is 4.24. The molecule has 178 valence electrons. The van der Waals surface area contributed by atoms with Crippen molar-refractivity contribution in [2.75, 3.05) is 6.61 Å². The van der Waals surface area contributed by atoms with E-state index >= 15 is 0 Å². The van der Waals surface area contributed by atoms with E-state index in [1.165, 1.54) is 26.0 Å². The predicted octanol–water partition coefficient (Wildman–Crippen LogP) is 2.68. The number of esters is 3. The molecule has 10 heteroatoms. The molecule has 1 unspecified atom stereocenters. The van der Waals surface area contributed by atoms with Crippen molar-refractivity contribution in [2.24, 2.45) is 5.73 Å². The van der Waals surface area contributed by atoms with Gasteiger partial charge in [-0.25, -0.2) is 4.79 Å². The van der Waals surface area contributed by atoms with E-state index in [2.05, 4.69) is 0 Å². The number of hydrogen-bond donors (Lipinski definition) is 1. The number of carbonyl (C=O) groups is 4. The molecule has 0 heterocycles. The molecule has 0 fully saturated rings. The Balaban J connectivity index is 2.69. The molecule has 0 spiro atoms. The van der Waals surface area contributed by atoms with Crippen LogP contribution in [-0.4, -0.2) is 48.9 Å². The molecule has 0 aliphatic carbocycles. The van der Waals surface area contributed by atoms with Gasteiger partial charge in [0.25, 0.3) is 0 Å². The van der Waals surface area contributed by atoms with Crippen molar-refractivity contribution in [1.29, 1.82) is 0 Å². The van der Waals surface area contributed by atoms with Crippen molar-refractivity contribution in [3.05, 3.63) is 23.8 Å². The second-order valence-corrected chi connectivity index (χ2v) is 7.20. The third kappa shape index (κ3) is 9.78. The summed E-state index contributed by atoms with van der Waals surface area (Å²) < 4.78 is 25.4. The van der Waals surface area contributed by atoms with Gasteiger partial charge in [-0.05, 0) is 44.4 Å². The van der Waals surface area contributed by atoms with E-state index in [0.29, 0.717) is 5.56 Å². The molecule has 0 radical (unpaired) electrons. The van der Waals surface area contributed by atoms with Crippen molar-refractivity contribution in [3.63, 3.8) is 0 Å². The summed E-state index contributed by atoms with van der Waals surface area (Å²) in [4.78, 5) is 46.5. The lowest BCUT2D eigenvalue weighted by atomic mass is 10.1. The zero-order chi connectivity index (χ0) is 24.3. The minimum Gasteiger partial charge on any atom is -0.458 e. The highest BCUT2D eigenvalue weighted by atomic mass is 16.7. The molecule has 0 bridgehead atoms. The van der Waals surface area contributed by atoms with Crippen LogP contribution in [0.4, 0.5) is 4.79 Å². The SMILES string of the molecule is CCCCOC(=O)OC(C)[C@H](C)OC(=O)[C@@H](N)Cc1ccc(OC(C)=O)c(OC(C)=O)c1. The number of rotatable bonds is 11. The monoisotopic (exact) mass is 453 g/mol. The van der Waals surface area contributed by atoms with Gasteiger partial charge in [-0.3, -0.25) is 14.4 Å². The van der Waals surface area contributed by atoms with Crippen LogP contribution < -0.4 is 15.2 Å². The molecule has 10 nitrogen and oxygen atoms in total. The van der Waals surface area contributed by atoms with Crippen molar-refractivity contribution < 1.29 is 42.9 Å². The largest absolute Gasteiger partial charge is 0.508 e. The molecule has 32 heavy (non-hydrogen) atoms. The van der Waals surface area contributed by atoms with Crippen LogP contribution in [0, 0.1) is 0 Å². The first-order valence-corrected chi connectivity index (χ1v) is 10.3. The molecule has 1 aromatic carbocycles. The maximum atomic E-state index is 12.4. The van der Waals surface area contributed by atoms with Gasteiger partial charge in [0.15, 0.2) is 11.5 Å². The number of unbranched alkanes of at least 4 members (excludes halogenated alkanes) is 1. The maximum absolute atomic E-state index is 12.4. The molecule has 0 saturated heterocycles. The van der Waals surface area contributed by atoms with E-state index < -0.39 is 42.3 Å². The summed E-state index contributed by atoms with van der Waals surface area (Å²) in [6, 6.07) is 3.44. The Hall–Kier alpha value is -3.14. The standard InChI is InChI=1S/C22H31NO9/c1-6-7-10-28-22(27)30-14(3)13(2)29-21(26)18(23)11-17-8-9-19(31-15(4)24)20(12-17)32-16(5)25/h8-9,12-14,18H,6-7,10-11,23H2,1-5H3/t13-,14?,18-/m0/s1. The highest BCUT2D eigenvalue weighted by Gasteiger charge is 2.25. The summed E-state index contributed by atoms with van der Waals surface area (Å²) >= 11 is 0. The van der Waals surface area contributed by atoms with E-state index in [4.69, 9.17) is 29.4 Å². The van der Waals surface area contributed by atoms with Crippen LogP contribution in [-0.2, 0) is 35.0 Å². The number of hydrogen-bond acceptors (Lipinski definition) is 10. The Kier molecular flexibility index (Phi) is 11.2. The molecule has 3 atom stereocenters. The average Bonchev–Trinajstić information content (AvgIpc) is 2.69. The van der Waals surface area contributed by atoms with Crippen molar-refractivity contribution in [3.8, 4) is 11.5 Å². The minimum atomic E-state index is -1.04. The topological polar surface area (TPSA) is 140 Å². The molecule has 0 amide bonds. The maximum Gasteiger partial charge on any atom is 0.508 e. The van der Waals surface area contributed by atoms with E-state index in [1.807, 2.05) is 6.92 Å². The van der Waals surface area contributed by atoms with Crippen molar-refractivity contribution in [1.82, 2.24) is 0 Å². The van der Waals surface area contributed by atoms with Crippen LogP contribution in [0.2, 0.25) is 0 Å². The molecule has 1 aromatic rings.